The summed E-state index contributed by atoms with van der Waals surface area (Å²) in [6.07, 6.45) is -1.05. The van der Waals surface area contributed by atoms with Gasteiger partial charge in [0, 0.05) is 5.54 Å². The first-order valence-electron chi connectivity index (χ1n) is 3.47. The molecule has 0 aliphatic rings. The maximum atomic E-state index is 10.3. The highest BCUT2D eigenvalue weighted by atomic mass is 16.4. The van der Waals surface area contributed by atoms with Crippen LogP contribution >= 0.6 is 0 Å². The molecule has 0 unspecified atom stereocenters. The fourth-order valence-corrected chi connectivity index (χ4v) is 0.428. The van der Waals surface area contributed by atoms with E-state index in [0.29, 0.717) is 0 Å². The molecule has 0 fully saturated rings. The van der Waals surface area contributed by atoms with Gasteiger partial charge in [-0.3, -0.25) is 0 Å². The Morgan fingerprint density at radius 2 is 1.73 bits per heavy atom. The van der Waals surface area contributed by atoms with Crippen molar-refractivity contribution < 1.29 is 9.90 Å². The van der Waals surface area contributed by atoms with Crippen molar-refractivity contribution in [2.24, 2.45) is 5.73 Å². The van der Waals surface area contributed by atoms with Crippen molar-refractivity contribution >= 4 is 6.09 Å². The Hall–Kier alpha value is -0.770. The van der Waals surface area contributed by atoms with Crippen molar-refractivity contribution in [3.05, 3.63) is 0 Å². The van der Waals surface area contributed by atoms with Crippen LogP contribution in [0.5, 0.6) is 0 Å². The molecule has 4 N–H and O–H groups in total. The molecule has 0 saturated heterocycles. The van der Waals surface area contributed by atoms with Crippen LogP contribution in [-0.4, -0.2) is 22.3 Å². The molecule has 11 heavy (non-hydrogen) atoms. The third-order valence-electron chi connectivity index (χ3n) is 2.03. The Morgan fingerprint density at radius 1 is 1.36 bits per heavy atom. The third kappa shape index (κ3) is 2.76. The van der Waals surface area contributed by atoms with Crippen LogP contribution in [0.1, 0.15) is 27.7 Å². The van der Waals surface area contributed by atoms with Crippen LogP contribution in [0.25, 0.3) is 0 Å². The van der Waals surface area contributed by atoms with Gasteiger partial charge in [0.25, 0.3) is 0 Å². The molecular formula is C7H16N2O2. The van der Waals surface area contributed by atoms with Gasteiger partial charge in [0.1, 0.15) is 0 Å². The molecule has 0 saturated carbocycles. The monoisotopic (exact) mass is 160 g/mol. The van der Waals surface area contributed by atoms with E-state index in [0.717, 1.165) is 0 Å². The summed E-state index contributed by atoms with van der Waals surface area (Å²) < 4.78 is 0. The summed E-state index contributed by atoms with van der Waals surface area (Å²) in [5.41, 5.74) is 4.56. The minimum atomic E-state index is -1.05. The molecule has 0 spiro atoms. The number of carboxylic acid groups (broad SMARTS) is 1. The average molecular weight is 160 g/mol. The lowest BCUT2D eigenvalue weighted by molar-refractivity contribution is 0.165. The van der Waals surface area contributed by atoms with Crippen molar-refractivity contribution in [3.63, 3.8) is 0 Å². The van der Waals surface area contributed by atoms with Crippen molar-refractivity contribution in [3.8, 4) is 0 Å². The van der Waals surface area contributed by atoms with Gasteiger partial charge in [0.15, 0.2) is 0 Å². The van der Waals surface area contributed by atoms with E-state index in [1.807, 2.05) is 0 Å². The fourth-order valence-electron chi connectivity index (χ4n) is 0.428. The third-order valence-corrected chi connectivity index (χ3v) is 2.03. The Kier molecular flexibility index (Phi) is 2.51. The molecule has 1 amide bonds. The number of nitrogens with one attached hydrogen (secondary N) is 1. The number of rotatable bonds is 2. The first-order valence-corrected chi connectivity index (χ1v) is 3.47. The summed E-state index contributed by atoms with van der Waals surface area (Å²) in [7, 11) is 0. The van der Waals surface area contributed by atoms with Gasteiger partial charge in [-0.2, -0.15) is 0 Å². The number of carbonyl (C=O) groups is 1. The summed E-state index contributed by atoms with van der Waals surface area (Å²) >= 11 is 0. The average Bonchev–Trinajstić information content (AvgIpc) is 1.56. The highest BCUT2D eigenvalue weighted by molar-refractivity contribution is 5.65. The van der Waals surface area contributed by atoms with E-state index in [2.05, 4.69) is 5.32 Å². The minimum Gasteiger partial charge on any atom is -0.465 e. The second-order valence-corrected chi connectivity index (χ2v) is 3.78. The predicted molar refractivity (Wildman–Crippen MR) is 43.5 cm³/mol. The highest BCUT2D eigenvalue weighted by Gasteiger charge is 2.34. The molecule has 0 aliphatic heterocycles. The van der Waals surface area contributed by atoms with Gasteiger partial charge in [-0.15, -0.1) is 0 Å². The molecule has 0 atom stereocenters. The van der Waals surface area contributed by atoms with E-state index in [-0.39, 0.29) is 0 Å². The number of amides is 1. The summed E-state index contributed by atoms with van der Waals surface area (Å²) in [6.45, 7) is 7.06. The molecule has 0 aromatic heterocycles. The second-order valence-electron chi connectivity index (χ2n) is 3.78. The van der Waals surface area contributed by atoms with Crippen molar-refractivity contribution in [2.45, 2.75) is 38.8 Å². The molecule has 0 radical (unpaired) electrons. The molecule has 66 valence electrons. The molecule has 0 aromatic carbocycles. The van der Waals surface area contributed by atoms with Gasteiger partial charge in [-0.25, -0.2) is 4.79 Å². The Bertz CT molecular complexity index is 158. The largest absolute Gasteiger partial charge is 0.465 e. The lowest BCUT2D eigenvalue weighted by Gasteiger charge is -2.38. The van der Waals surface area contributed by atoms with Crippen molar-refractivity contribution in [1.29, 1.82) is 0 Å². The normalized spacial score (nSPS) is 12.8. The Morgan fingerprint density at radius 3 is 1.82 bits per heavy atom. The lowest BCUT2D eigenvalue weighted by Crippen LogP contribution is -2.62. The van der Waals surface area contributed by atoms with Crippen LogP contribution in [0, 0.1) is 0 Å². The molecule has 0 bridgehead atoms. The van der Waals surface area contributed by atoms with Gasteiger partial charge in [0.05, 0.1) is 5.54 Å². The summed E-state index contributed by atoms with van der Waals surface area (Å²) in [6, 6.07) is 0. The van der Waals surface area contributed by atoms with Gasteiger partial charge < -0.3 is 16.2 Å². The van der Waals surface area contributed by atoms with E-state index in [1.165, 1.54) is 0 Å². The maximum Gasteiger partial charge on any atom is 0.405 e. The van der Waals surface area contributed by atoms with Crippen LogP contribution in [0.3, 0.4) is 0 Å². The van der Waals surface area contributed by atoms with Crippen LogP contribution < -0.4 is 11.1 Å². The number of hydrogen-bond acceptors (Lipinski definition) is 2. The van der Waals surface area contributed by atoms with E-state index >= 15 is 0 Å². The minimum absolute atomic E-state index is 0.564. The first kappa shape index (κ1) is 10.2. The maximum absolute atomic E-state index is 10.3. The zero-order valence-corrected chi connectivity index (χ0v) is 7.43. The topological polar surface area (TPSA) is 75.3 Å². The molecule has 0 aromatic rings. The predicted octanol–water partition coefficient (Wildman–Crippen LogP) is 0.770. The van der Waals surface area contributed by atoms with Crippen molar-refractivity contribution in [2.75, 3.05) is 0 Å². The Balaban J connectivity index is 4.34. The van der Waals surface area contributed by atoms with Gasteiger partial charge in [-0.05, 0) is 27.7 Å². The van der Waals surface area contributed by atoms with Gasteiger partial charge >= 0.3 is 6.09 Å². The molecule has 0 heterocycles. The van der Waals surface area contributed by atoms with Crippen molar-refractivity contribution in [1.82, 2.24) is 5.32 Å². The number of hydrogen-bond donors (Lipinski definition) is 3. The zero-order chi connectivity index (χ0) is 9.28. The molecule has 0 aliphatic carbocycles. The van der Waals surface area contributed by atoms with Gasteiger partial charge in [0.2, 0.25) is 0 Å². The summed E-state index contributed by atoms with van der Waals surface area (Å²) in [5, 5.41) is 10.8. The van der Waals surface area contributed by atoms with Gasteiger partial charge in [-0.1, -0.05) is 0 Å². The van der Waals surface area contributed by atoms with E-state index in [4.69, 9.17) is 10.8 Å². The van der Waals surface area contributed by atoms with E-state index in [9.17, 15) is 4.79 Å². The van der Waals surface area contributed by atoms with E-state index in [1.54, 1.807) is 27.7 Å². The van der Waals surface area contributed by atoms with Crippen LogP contribution in [0.4, 0.5) is 4.79 Å². The van der Waals surface area contributed by atoms with E-state index < -0.39 is 17.2 Å². The lowest BCUT2D eigenvalue weighted by atomic mass is 9.84. The quantitative estimate of drug-likeness (QED) is 0.558. The molecule has 4 nitrogen and oxygen atoms in total. The fraction of sp³-hybridized carbons (Fsp3) is 0.857. The summed E-state index contributed by atoms with van der Waals surface area (Å²) in [5.74, 6) is 0. The van der Waals surface area contributed by atoms with Crippen LogP contribution in [0.2, 0.25) is 0 Å². The standard InChI is InChI=1S/C7H16N2O2/c1-6(2,8)7(3,4)9-5(10)11/h9H,8H2,1-4H3,(H,10,11). The molecular weight excluding hydrogens is 144 g/mol. The highest BCUT2D eigenvalue weighted by Crippen LogP contribution is 2.17. The summed E-state index contributed by atoms with van der Waals surface area (Å²) in [4.78, 5) is 10.3. The first-order chi connectivity index (χ1) is 4.67. The zero-order valence-electron chi connectivity index (χ0n) is 7.43. The second kappa shape index (κ2) is 2.70. The smallest absolute Gasteiger partial charge is 0.405 e. The number of nitrogens with two attached hydrogens (primary N) is 1. The Labute approximate surface area is 66.8 Å². The molecule has 4 heteroatoms. The van der Waals surface area contributed by atoms with Crippen LogP contribution in [0.15, 0.2) is 0 Å². The molecule has 0 rings (SSSR count). The SMILES string of the molecule is CC(C)(N)C(C)(C)NC(=O)O. The van der Waals surface area contributed by atoms with Crippen LogP contribution in [-0.2, 0) is 0 Å².